The third-order valence-corrected chi connectivity index (χ3v) is 5.86. The summed E-state index contributed by atoms with van der Waals surface area (Å²) < 4.78 is 4.93. The van der Waals surface area contributed by atoms with Crippen LogP contribution in [0.15, 0.2) is 0 Å². The molecule has 0 aromatic carbocycles. The molecule has 0 saturated heterocycles. The summed E-state index contributed by atoms with van der Waals surface area (Å²) in [7, 11) is 1.48. The molecular weight excluding hydrogens is 180 g/mol. The summed E-state index contributed by atoms with van der Waals surface area (Å²) in [6.45, 7) is 0. The molecule has 0 amide bonds. The average molecular weight is 190 g/mol. The molecule has 0 spiro atoms. The standard InChI is InChI=1S/C11H10O3/c1-14-10(13)11-6-2-3(6)5-8(11)7(11)4(2)9(5)12/h2-8H,1H3/t2-,3+,4+,5-,6?,7-,8-,11?/m1/s1. The molecule has 0 radical (unpaired) electrons. The number of esters is 1. The van der Waals surface area contributed by atoms with E-state index in [1.165, 1.54) is 7.11 Å². The van der Waals surface area contributed by atoms with Crippen LogP contribution in [-0.2, 0) is 14.3 Å². The number of ketones is 1. The van der Waals surface area contributed by atoms with Crippen LogP contribution in [0.1, 0.15) is 0 Å². The molecule has 0 aromatic heterocycles. The van der Waals surface area contributed by atoms with E-state index in [1.807, 2.05) is 0 Å². The van der Waals surface area contributed by atoms with Gasteiger partial charge in [-0.15, -0.1) is 0 Å². The zero-order valence-electron chi connectivity index (χ0n) is 7.77. The Hall–Kier alpha value is -0.860. The topological polar surface area (TPSA) is 43.4 Å². The maximum atomic E-state index is 11.8. The van der Waals surface area contributed by atoms with Crippen LogP contribution in [0.25, 0.3) is 0 Å². The second-order valence-electron chi connectivity index (χ2n) is 5.61. The third-order valence-electron chi connectivity index (χ3n) is 5.86. The Kier molecular flexibility index (Phi) is 0.646. The number of rotatable bonds is 1. The molecule has 6 aliphatic rings. The van der Waals surface area contributed by atoms with E-state index in [9.17, 15) is 9.59 Å². The molecule has 6 aliphatic carbocycles. The van der Waals surface area contributed by atoms with E-state index < -0.39 is 0 Å². The van der Waals surface area contributed by atoms with Crippen molar-refractivity contribution in [3.63, 3.8) is 0 Å². The largest absolute Gasteiger partial charge is 0.469 e. The minimum atomic E-state index is -0.146. The van der Waals surface area contributed by atoms with Crippen molar-refractivity contribution in [2.24, 2.45) is 46.8 Å². The van der Waals surface area contributed by atoms with E-state index in [-0.39, 0.29) is 23.2 Å². The second-order valence-corrected chi connectivity index (χ2v) is 5.61. The normalized spacial score (nSPS) is 72.6. The van der Waals surface area contributed by atoms with Crippen molar-refractivity contribution in [2.75, 3.05) is 7.11 Å². The average Bonchev–Trinajstić information content (AvgIpc) is 2.97. The van der Waals surface area contributed by atoms with Crippen LogP contribution >= 0.6 is 0 Å². The van der Waals surface area contributed by atoms with Crippen molar-refractivity contribution in [1.29, 1.82) is 0 Å². The van der Waals surface area contributed by atoms with E-state index >= 15 is 0 Å². The van der Waals surface area contributed by atoms with Gasteiger partial charge in [0.05, 0.1) is 12.5 Å². The maximum Gasteiger partial charge on any atom is 0.312 e. The molecule has 0 aromatic rings. The second kappa shape index (κ2) is 1.37. The van der Waals surface area contributed by atoms with E-state index in [4.69, 9.17) is 4.74 Å². The summed E-state index contributed by atoms with van der Waals surface area (Å²) in [5, 5.41) is 0. The van der Waals surface area contributed by atoms with Gasteiger partial charge in [-0.1, -0.05) is 0 Å². The summed E-state index contributed by atoms with van der Waals surface area (Å²) in [6.07, 6.45) is 0. The minimum Gasteiger partial charge on any atom is -0.469 e. The lowest BCUT2D eigenvalue weighted by Gasteiger charge is -2.10. The molecule has 14 heavy (non-hydrogen) atoms. The maximum absolute atomic E-state index is 11.8. The summed E-state index contributed by atoms with van der Waals surface area (Å²) in [5.74, 6) is 3.60. The Labute approximate surface area is 80.8 Å². The van der Waals surface area contributed by atoms with Gasteiger partial charge in [0, 0.05) is 11.8 Å². The van der Waals surface area contributed by atoms with Gasteiger partial charge < -0.3 is 4.74 Å². The van der Waals surface area contributed by atoms with Crippen molar-refractivity contribution in [3.8, 4) is 0 Å². The fourth-order valence-corrected chi connectivity index (χ4v) is 5.89. The first kappa shape index (κ1) is 6.59. The van der Waals surface area contributed by atoms with Crippen molar-refractivity contribution in [3.05, 3.63) is 0 Å². The highest BCUT2D eigenvalue weighted by molar-refractivity contribution is 6.02. The van der Waals surface area contributed by atoms with Gasteiger partial charge in [0.15, 0.2) is 0 Å². The van der Waals surface area contributed by atoms with Gasteiger partial charge in [0.1, 0.15) is 5.78 Å². The predicted molar refractivity (Wildman–Crippen MR) is 43.9 cm³/mol. The van der Waals surface area contributed by atoms with E-state index in [1.54, 1.807) is 0 Å². The fourth-order valence-electron chi connectivity index (χ4n) is 5.89. The van der Waals surface area contributed by atoms with Gasteiger partial charge in [-0.25, -0.2) is 0 Å². The van der Waals surface area contributed by atoms with Gasteiger partial charge in [-0.3, -0.25) is 9.59 Å². The molecule has 6 saturated carbocycles. The third kappa shape index (κ3) is 0.306. The lowest BCUT2D eigenvalue weighted by Crippen LogP contribution is -2.23. The van der Waals surface area contributed by atoms with Crippen LogP contribution in [0.3, 0.4) is 0 Å². The molecule has 0 N–H and O–H groups in total. The smallest absolute Gasteiger partial charge is 0.312 e. The summed E-state index contributed by atoms with van der Waals surface area (Å²) >= 11 is 0. The van der Waals surface area contributed by atoms with E-state index in [2.05, 4.69) is 0 Å². The Balaban J connectivity index is 1.74. The Morgan fingerprint density at radius 2 is 1.79 bits per heavy atom. The SMILES string of the molecule is COC(=O)C12C3[C@@H]4[C@H]5C(=O)[C@@H]([C@H]34)[C@@H]1[C@@H]52. The number of ether oxygens (including phenoxy) is 1. The Bertz CT molecular complexity index is 400. The van der Waals surface area contributed by atoms with Crippen LogP contribution in [0.4, 0.5) is 0 Å². The highest BCUT2D eigenvalue weighted by Crippen LogP contribution is 2.98. The number of carbonyl (C=O) groups is 2. The molecular formula is C11H10O3. The van der Waals surface area contributed by atoms with Crippen LogP contribution < -0.4 is 0 Å². The van der Waals surface area contributed by atoms with Gasteiger partial charge in [-0.05, 0) is 29.6 Å². The van der Waals surface area contributed by atoms with Crippen molar-refractivity contribution in [2.45, 2.75) is 0 Å². The number of carbonyl (C=O) groups excluding carboxylic acids is 2. The number of Topliss-reactive ketones (excluding diaryl/α,β-unsaturated/α-hetero) is 1. The highest BCUT2D eigenvalue weighted by Gasteiger charge is 3.03. The molecule has 3 nitrogen and oxygen atoms in total. The first-order valence-electron chi connectivity index (χ1n) is 5.38. The quantitative estimate of drug-likeness (QED) is 0.551. The molecule has 2 unspecified atom stereocenters. The van der Waals surface area contributed by atoms with Gasteiger partial charge in [-0.2, -0.15) is 0 Å². The predicted octanol–water partition coefficient (Wildman–Crippen LogP) is 0.0963. The van der Waals surface area contributed by atoms with Crippen LogP contribution in [0, 0.1) is 46.8 Å². The highest BCUT2D eigenvalue weighted by atomic mass is 16.5. The number of methoxy groups -OCH3 is 1. The molecule has 2 bridgehead atoms. The van der Waals surface area contributed by atoms with Gasteiger partial charge >= 0.3 is 5.97 Å². The summed E-state index contributed by atoms with van der Waals surface area (Å²) in [6, 6.07) is 0. The number of hydrogen-bond donors (Lipinski definition) is 0. The van der Waals surface area contributed by atoms with E-state index in [0.717, 1.165) is 0 Å². The molecule has 6 fully saturated rings. The molecule has 6 rings (SSSR count). The molecule has 3 heteroatoms. The summed E-state index contributed by atoms with van der Waals surface area (Å²) in [4.78, 5) is 23.6. The number of hydrogen-bond acceptors (Lipinski definition) is 3. The van der Waals surface area contributed by atoms with Crippen molar-refractivity contribution >= 4 is 11.8 Å². The van der Waals surface area contributed by atoms with Crippen LogP contribution in [-0.4, -0.2) is 18.9 Å². The Morgan fingerprint density at radius 3 is 2.21 bits per heavy atom. The van der Waals surface area contributed by atoms with Gasteiger partial charge in [0.25, 0.3) is 0 Å². The molecule has 0 heterocycles. The van der Waals surface area contributed by atoms with Crippen LogP contribution in [0.5, 0.6) is 0 Å². The zero-order chi connectivity index (χ0) is 9.40. The van der Waals surface area contributed by atoms with E-state index in [0.29, 0.717) is 35.4 Å². The molecule has 72 valence electrons. The first-order chi connectivity index (χ1) is 6.76. The van der Waals surface area contributed by atoms with Crippen molar-refractivity contribution < 1.29 is 14.3 Å². The van der Waals surface area contributed by atoms with Gasteiger partial charge in [0.2, 0.25) is 0 Å². The first-order valence-corrected chi connectivity index (χ1v) is 5.38. The monoisotopic (exact) mass is 190 g/mol. The van der Waals surface area contributed by atoms with Crippen molar-refractivity contribution in [1.82, 2.24) is 0 Å². The Morgan fingerprint density at radius 1 is 1.21 bits per heavy atom. The summed E-state index contributed by atoms with van der Waals surface area (Å²) in [5.41, 5.74) is -0.146. The molecule has 8 atom stereocenters. The fraction of sp³-hybridized carbons (Fsp3) is 0.818. The molecule has 0 aliphatic heterocycles. The van der Waals surface area contributed by atoms with Crippen LogP contribution in [0.2, 0.25) is 0 Å². The lowest BCUT2D eigenvalue weighted by atomic mass is 9.98. The minimum absolute atomic E-state index is 0.0116. The lowest BCUT2D eigenvalue weighted by molar-refractivity contribution is -0.148. The zero-order valence-corrected chi connectivity index (χ0v) is 7.77.